The largest absolute Gasteiger partial charge is 0.497 e. The Morgan fingerprint density at radius 1 is 0.574 bits per heavy atom. The Balaban J connectivity index is 1.05. The summed E-state index contributed by atoms with van der Waals surface area (Å²) in [5.41, 5.74) is 5.82. The van der Waals surface area contributed by atoms with Gasteiger partial charge in [0, 0.05) is 6.54 Å². The number of hydrogen-bond donors (Lipinski definition) is 3. The Hall–Kier alpha value is -7.67. The van der Waals surface area contributed by atoms with Crippen LogP contribution in [0.4, 0.5) is 5.82 Å². The molecule has 0 saturated carbocycles. The lowest BCUT2D eigenvalue weighted by molar-refractivity contribution is -0.0932. The van der Waals surface area contributed by atoms with Crippen LogP contribution in [-0.2, 0) is 27.2 Å². The van der Waals surface area contributed by atoms with Crippen molar-refractivity contribution in [3.63, 3.8) is 0 Å². The molecule has 340 valence electrons. The SMILES string of the molecule is COc1ccc(C(Nc2ncnc3c2ncn3[C@@H]2O[C@H](COC(c3ccccc3)(c3ccccc3)c3ccc(OC)cc3)[C@@H](O)[C@H]2NCc2ccccc2)(c2ccccc2)c2ccccc2)cc1. The van der Waals surface area contributed by atoms with Gasteiger partial charge in [0.25, 0.3) is 0 Å². The first-order chi connectivity index (χ1) is 33.5. The van der Waals surface area contributed by atoms with E-state index in [0.29, 0.717) is 23.5 Å². The number of anilines is 1. The number of fused-ring (bicyclic) bond motifs is 1. The fraction of sp³-hybridized carbons (Fsp3) is 0.175. The molecule has 0 amide bonds. The molecule has 1 fully saturated rings. The Bertz CT molecular complexity index is 2940. The third-order valence-corrected chi connectivity index (χ3v) is 13.0. The van der Waals surface area contributed by atoms with Crippen molar-refractivity contribution in [2.24, 2.45) is 0 Å². The number of aliphatic hydroxyl groups is 1. The summed E-state index contributed by atoms with van der Waals surface area (Å²) in [5, 5.41) is 20.0. The molecule has 1 aliphatic rings. The van der Waals surface area contributed by atoms with E-state index in [2.05, 4.69) is 83.4 Å². The lowest BCUT2D eigenvalue weighted by Gasteiger charge is -2.37. The standard InChI is InChI=1S/C57H52N6O5/c1-65-47-32-28-43(29-33-47)56(41-20-10-4-11-21-41,42-22-12-5-13-23-42)62-53-51-54(60-38-59-53)63(39-61-51)55-50(58-36-40-18-8-3-9-19-40)52(64)49(68-55)37-67-57(44-24-14-6-15-25-44,45-26-16-7-17-27-45)46-30-34-48(66-2)35-31-46/h3-35,38-39,49-50,52,55,58,64H,36-37H2,1-2H3,(H,59,60,62)/t49-,50-,52-,55-/m1/s1. The maximum atomic E-state index is 12.5. The van der Waals surface area contributed by atoms with Gasteiger partial charge in [-0.1, -0.05) is 176 Å². The van der Waals surface area contributed by atoms with Gasteiger partial charge in [-0.15, -0.1) is 0 Å². The van der Waals surface area contributed by atoms with E-state index in [1.54, 1.807) is 26.9 Å². The van der Waals surface area contributed by atoms with Crippen LogP contribution in [0, 0.1) is 0 Å². The van der Waals surface area contributed by atoms with E-state index in [1.165, 1.54) is 0 Å². The average molecular weight is 901 g/mol. The van der Waals surface area contributed by atoms with Gasteiger partial charge >= 0.3 is 0 Å². The van der Waals surface area contributed by atoms with E-state index < -0.39 is 35.6 Å². The predicted molar refractivity (Wildman–Crippen MR) is 263 cm³/mol. The molecular formula is C57H52N6O5. The number of nitrogens with zero attached hydrogens (tertiary/aromatic N) is 4. The van der Waals surface area contributed by atoms with Crippen LogP contribution < -0.4 is 20.1 Å². The molecule has 11 heteroatoms. The summed E-state index contributed by atoms with van der Waals surface area (Å²) in [6.07, 6.45) is 0.707. The minimum atomic E-state index is -1.08. The molecule has 1 aliphatic heterocycles. The number of aliphatic hydroxyl groups excluding tert-OH is 1. The van der Waals surface area contributed by atoms with E-state index in [9.17, 15) is 5.11 Å². The van der Waals surface area contributed by atoms with Crippen LogP contribution in [0.1, 0.15) is 45.2 Å². The van der Waals surface area contributed by atoms with Gasteiger partial charge in [-0.3, -0.25) is 4.57 Å². The lowest BCUT2D eigenvalue weighted by atomic mass is 9.77. The molecule has 0 aliphatic carbocycles. The summed E-state index contributed by atoms with van der Waals surface area (Å²) in [4.78, 5) is 14.7. The van der Waals surface area contributed by atoms with Gasteiger partial charge in [-0.2, -0.15) is 0 Å². The van der Waals surface area contributed by atoms with Crippen LogP contribution in [0.5, 0.6) is 11.5 Å². The summed E-state index contributed by atoms with van der Waals surface area (Å²) in [6, 6.07) is 66.4. The second-order valence-electron chi connectivity index (χ2n) is 16.8. The topological polar surface area (TPSA) is 125 Å². The number of ether oxygens (including phenoxy) is 4. The number of hydrogen-bond acceptors (Lipinski definition) is 10. The van der Waals surface area contributed by atoms with Crippen LogP contribution in [0.25, 0.3) is 11.2 Å². The number of aromatic nitrogens is 4. The van der Waals surface area contributed by atoms with Crippen LogP contribution in [0.15, 0.2) is 213 Å². The molecule has 0 spiro atoms. The van der Waals surface area contributed by atoms with E-state index in [0.717, 1.165) is 50.4 Å². The smallest absolute Gasteiger partial charge is 0.167 e. The Kier molecular flexibility index (Phi) is 12.8. The van der Waals surface area contributed by atoms with E-state index in [-0.39, 0.29) is 6.61 Å². The molecule has 10 rings (SSSR count). The summed E-state index contributed by atoms with van der Waals surface area (Å²) in [7, 11) is 3.32. The van der Waals surface area contributed by atoms with Crippen molar-refractivity contribution in [1.82, 2.24) is 24.8 Å². The Morgan fingerprint density at radius 3 is 1.57 bits per heavy atom. The zero-order valence-electron chi connectivity index (χ0n) is 37.8. The quantitative estimate of drug-likeness (QED) is 0.0762. The van der Waals surface area contributed by atoms with Gasteiger partial charge in [0.2, 0.25) is 0 Å². The number of benzene rings is 7. The maximum absolute atomic E-state index is 12.5. The number of rotatable bonds is 17. The van der Waals surface area contributed by atoms with Crippen molar-refractivity contribution in [3.05, 3.63) is 252 Å². The van der Waals surface area contributed by atoms with Gasteiger partial charge in [0.1, 0.15) is 41.2 Å². The molecule has 0 unspecified atom stereocenters. The predicted octanol–water partition coefficient (Wildman–Crippen LogP) is 9.67. The highest BCUT2D eigenvalue weighted by atomic mass is 16.6. The monoisotopic (exact) mass is 900 g/mol. The Morgan fingerprint density at radius 2 is 1.04 bits per heavy atom. The summed E-state index contributed by atoms with van der Waals surface area (Å²) in [5.74, 6) is 1.99. The molecule has 7 aromatic carbocycles. The van der Waals surface area contributed by atoms with Gasteiger partial charge in [-0.25, -0.2) is 15.0 Å². The van der Waals surface area contributed by atoms with Crippen molar-refractivity contribution in [3.8, 4) is 11.5 Å². The molecule has 0 radical (unpaired) electrons. The molecule has 9 aromatic rings. The van der Waals surface area contributed by atoms with Crippen LogP contribution in [0.2, 0.25) is 0 Å². The molecule has 2 aromatic heterocycles. The number of methoxy groups -OCH3 is 2. The molecule has 1 saturated heterocycles. The lowest BCUT2D eigenvalue weighted by Crippen LogP contribution is -2.45. The third kappa shape index (κ3) is 8.37. The molecule has 4 atom stereocenters. The molecule has 11 nitrogen and oxygen atoms in total. The highest BCUT2D eigenvalue weighted by Crippen LogP contribution is 2.44. The molecule has 0 bridgehead atoms. The van der Waals surface area contributed by atoms with Crippen molar-refractivity contribution in [2.45, 2.75) is 42.2 Å². The van der Waals surface area contributed by atoms with E-state index in [1.807, 2.05) is 132 Å². The van der Waals surface area contributed by atoms with Crippen molar-refractivity contribution >= 4 is 17.0 Å². The van der Waals surface area contributed by atoms with Crippen LogP contribution in [-0.4, -0.2) is 63.7 Å². The number of imidazole rings is 1. The fourth-order valence-electron chi connectivity index (χ4n) is 9.54. The molecule has 3 N–H and O–H groups in total. The molecule has 68 heavy (non-hydrogen) atoms. The second kappa shape index (κ2) is 19.7. The van der Waals surface area contributed by atoms with Gasteiger partial charge < -0.3 is 34.7 Å². The van der Waals surface area contributed by atoms with Crippen LogP contribution >= 0.6 is 0 Å². The highest BCUT2D eigenvalue weighted by molar-refractivity contribution is 5.84. The zero-order chi connectivity index (χ0) is 46.3. The van der Waals surface area contributed by atoms with Gasteiger partial charge in [0.05, 0.1) is 33.2 Å². The van der Waals surface area contributed by atoms with Gasteiger partial charge in [0.15, 0.2) is 23.2 Å². The first-order valence-corrected chi connectivity index (χ1v) is 22.7. The highest BCUT2D eigenvalue weighted by Gasteiger charge is 2.48. The van der Waals surface area contributed by atoms with Crippen molar-refractivity contribution < 1.29 is 24.1 Å². The van der Waals surface area contributed by atoms with Gasteiger partial charge in [-0.05, 0) is 63.2 Å². The molecule has 3 heterocycles. The summed E-state index contributed by atoms with van der Waals surface area (Å²) in [6.45, 7) is 0.511. The zero-order valence-corrected chi connectivity index (χ0v) is 37.8. The van der Waals surface area contributed by atoms with E-state index in [4.69, 9.17) is 33.9 Å². The second-order valence-corrected chi connectivity index (χ2v) is 16.8. The number of nitrogens with one attached hydrogen (secondary N) is 2. The minimum Gasteiger partial charge on any atom is -0.497 e. The van der Waals surface area contributed by atoms with E-state index >= 15 is 0 Å². The molecular weight excluding hydrogens is 849 g/mol. The fourth-order valence-corrected chi connectivity index (χ4v) is 9.54. The third-order valence-electron chi connectivity index (χ3n) is 13.0. The first-order valence-electron chi connectivity index (χ1n) is 22.7. The minimum absolute atomic E-state index is 0.0317. The van der Waals surface area contributed by atoms with Crippen molar-refractivity contribution in [2.75, 3.05) is 26.1 Å². The van der Waals surface area contributed by atoms with Crippen molar-refractivity contribution in [1.29, 1.82) is 0 Å². The summed E-state index contributed by atoms with van der Waals surface area (Å²) >= 11 is 0. The first kappa shape index (κ1) is 44.2. The summed E-state index contributed by atoms with van der Waals surface area (Å²) < 4.78 is 27.3. The maximum Gasteiger partial charge on any atom is 0.167 e. The van der Waals surface area contributed by atoms with Crippen LogP contribution in [0.3, 0.4) is 0 Å². The normalized spacial score (nSPS) is 17.2. The Labute approximate surface area is 396 Å². The average Bonchev–Trinajstić information content (AvgIpc) is 3.99.